The van der Waals surface area contributed by atoms with E-state index in [0.29, 0.717) is 24.1 Å². The fourth-order valence-corrected chi connectivity index (χ4v) is 3.81. The molecular weight excluding hydrogens is 460 g/mol. The van der Waals surface area contributed by atoms with Crippen LogP contribution in [-0.4, -0.2) is 17.6 Å². The number of benzene rings is 4. The predicted molar refractivity (Wildman–Crippen MR) is 147 cm³/mol. The van der Waals surface area contributed by atoms with E-state index in [-0.39, 0.29) is 17.4 Å². The summed E-state index contributed by atoms with van der Waals surface area (Å²) >= 11 is 0. The molecule has 0 aliphatic heterocycles. The molecule has 5 heteroatoms. The molecule has 0 aliphatic carbocycles. The maximum absolute atomic E-state index is 13.1. The van der Waals surface area contributed by atoms with Crippen molar-refractivity contribution in [3.63, 3.8) is 0 Å². The van der Waals surface area contributed by atoms with Crippen molar-refractivity contribution < 1.29 is 14.4 Å². The Morgan fingerprint density at radius 2 is 1.24 bits per heavy atom. The molecule has 0 spiro atoms. The number of hydrogen-bond acceptors (Lipinski definition) is 3. The molecule has 4 aromatic carbocycles. The number of Topliss-reactive ketones (excluding diaryl/α,β-unsaturated/α-hetero) is 1. The van der Waals surface area contributed by atoms with Crippen LogP contribution >= 0.6 is 0 Å². The Morgan fingerprint density at radius 3 is 1.89 bits per heavy atom. The van der Waals surface area contributed by atoms with E-state index in [0.717, 1.165) is 23.1 Å². The third-order valence-electron chi connectivity index (χ3n) is 5.79. The Morgan fingerprint density at radius 1 is 0.649 bits per heavy atom. The van der Waals surface area contributed by atoms with Gasteiger partial charge in [0.05, 0.1) is 0 Å². The van der Waals surface area contributed by atoms with Crippen molar-refractivity contribution in [2.24, 2.45) is 0 Å². The third-order valence-corrected chi connectivity index (χ3v) is 5.79. The average Bonchev–Trinajstić information content (AvgIpc) is 2.94. The van der Waals surface area contributed by atoms with Crippen LogP contribution in [0.3, 0.4) is 0 Å². The SMILES string of the molecule is O=C(CCc1ccccc1)Cc1ccc(NC(=O)/C(=C/c2ccccc2)NC(=O)c2ccccc2)cc1. The molecule has 0 aliphatic rings. The normalized spacial score (nSPS) is 11.0. The summed E-state index contributed by atoms with van der Waals surface area (Å²) in [6.07, 6.45) is 3.18. The third kappa shape index (κ3) is 7.87. The van der Waals surface area contributed by atoms with Gasteiger partial charge in [0.2, 0.25) is 0 Å². The Hall–Kier alpha value is -4.77. The lowest BCUT2D eigenvalue weighted by atomic mass is 10.0. The highest BCUT2D eigenvalue weighted by atomic mass is 16.2. The number of carbonyl (C=O) groups is 3. The Bertz CT molecular complexity index is 1360. The topological polar surface area (TPSA) is 75.3 Å². The first-order chi connectivity index (χ1) is 18.1. The monoisotopic (exact) mass is 488 g/mol. The lowest BCUT2D eigenvalue weighted by Gasteiger charge is -2.12. The number of nitrogens with one attached hydrogen (secondary N) is 2. The summed E-state index contributed by atoms with van der Waals surface area (Å²) in [5, 5.41) is 5.57. The number of ketones is 1. The van der Waals surface area contributed by atoms with E-state index in [1.165, 1.54) is 0 Å². The van der Waals surface area contributed by atoms with Gasteiger partial charge in [-0.1, -0.05) is 91.0 Å². The molecule has 5 nitrogen and oxygen atoms in total. The van der Waals surface area contributed by atoms with Crippen molar-refractivity contribution >= 4 is 29.4 Å². The van der Waals surface area contributed by atoms with Gasteiger partial charge in [-0.15, -0.1) is 0 Å². The maximum Gasteiger partial charge on any atom is 0.272 e. The molecule has 0 aromatic heterocycles. The second-order valence-corrected chi connectivity index (χ2v) is 8.64. The van der Waals surface area contributed by atoms with Gasteiger partial charge in [0, 0.05) is 24.1 Å². The smallest absolute Gasteiger partial charge is 0.272 e. The Kier molecular flexibility index (Phi) is 8.76. The lowest BCUT2D eigenvalue weighted by molar-refractivity contribution is -0.118. The van der Waals surface area contributed by atoms with Crippen molar-refractivity contribution in [2.45, 2.75) is 19.3 Å². The standard InChI is InChI=1S/C32H28N2O3/c35-29(21-18-24-10-4-1-5-11-24)22-26-16-19-28(20-17-26)33-32(37)30(23-25-12-6-2-7-13-25)34-31(36)27-14-8-3-9-15-27/h1-17,19-20,23H,18,21-22H2,(H,33,37)(H,34,36)/b30-23-. The second-order valence-electron chi connectivity index (χ2n) is 8.64. The van der Waals surface area contributed by atoms with Crippen molar-refractivity contribution in [3.8, 4) is 0 Å². The van der Waals surface area contributed by atoms with Crippen molar-refractivity contribution in [2.75, 3.05) is 5.32 Å². The van der Waals surface area contributed by atoms with Gasteiger partial charge in [-0.05, 0) is 53.5 Å². The van der Waals surface area contributed by atoms with Gasteiger partial charge in [-0.2, -0.15) is 0 Å². The number of anilines is 1. The summed E-state index contributed by atoms with van der Waals surface area (Å²) in [6.45, 7) is 0. The minimum absolute atomic E-state index is 0.125. The van der Waals surface area contributed by atoms with Gasteiger partial charge in [0.15, 0.2) is 0 Å². The predicted octanol–water partition coefficient (Wildman–Crippen LogP) is 5.84. The molecule has 2 N–H and O–H groups in total. The summed E-state index contributed by atoms with van der Waals surface area (Å²) in [5.74, 6) is -0.653. The summed E-state index contributed by atoms with van der Waals surface area (Å²) in [7, 11) is 0. The van der Waals surface area contributed by atoms with Crippen LogP contribution in [-0.2, 0) is 22.4 Å². The number of amides is 2. The van der Waals surface area contributed by atoms with E-state index in [1.54, 1.807) is 42.5 Å². The first-order valence-corrected chi connectivity index (χ1v) is 12.2. The van der Waals surface area contributed by atoms with Gasteiger partial charge in [-0.25, -0.2) is 0 Å². The molecule has 0 bridgehead atoms. The lowest BCUT2D eigenvalue weighted by Crippen LogP contribution is -2.30. The fourth-order valence-electron chi connectivity index (χ4n) is 3.81. The number of rotatable bonds is 10. The van der Waals surface area contributed by atoms with Crippen molar-refractivity contribution in [1.29, 1.82) is 0 Å². The molecule has 2 amide bonds. The Labute approximate surface area is 216 Å². The molecule has 0 fully saturated rings. The summed E-state index contributed by atoms with van der Waals surface area (Å²) < 4.78 is 0. The molecule has 184 valence electrons. The molecule has 0 heterocycles. The van der Waals surface area contributed by atoms with Crippen LogP contribution in [0.1, 0.15) is 33.5 Å². The van der Waals surface area contributed by atoms with E-state index in [9.17, 15) is 14.4 Å². The highest BCUT2D eigenvalue weighted by Gasteiger charge is 2.15. The van der Waals surface area contributed by atoms with Crippen LogP contribution < -0.4 is 10.6 Å². The van der Waals surface area contributed by atoms with Gasteiger partial charge < -0.3 is 10.6 Å². The zero-order valence-corrected chi connectivity index (χ0v) is 20.4. The first-order valence-electron chi connectivity index (χ1n) is 12.2. The van der Waals surface area contributed by atoms with E-state index in [2.05, 4.69) is 10.6 Å². The molecule has 0 saturated carbocycles. The molecule has 0 atom stereocenters. The first kappa shape index (κ1) is 25.3. The van der Waals surface area contributed by atoms with Gasteiger partial charge in [0.1, 0.15) is 11.5 Å². The van der Waals surface area contributed by atoms with Crippen LogP contribution in [0.2, 0.25) is 0 Å². The number of aryl methyl sites for hydroxylation is 1. The summed E-state index contributed by atoms with van der Waals surface area (Å²) in [4.78, 5) is 38.3. The van der Waals surface area contributed by atoms with Crippen molar-refractivity contribution in [1.82, 2.24) is 5.32 Å². The van der Waals surface area contributed by atoms with Crippen LogP contribution in [0.25, 0.3) is 6.08 Å². The highest BCUT2D eigenvalue weighted by molar-refractivity contribution is 6.10. The van der Waals surface area contributed by atoms with Crippen LogP contribution in [0.15, 0.2) is 121 Å². The minimum atomic E-state index is -0.445. The number of hydrogen-bond donors (Lipinski definition) is 2. The largest absolute Gasteiger partial charge is 0.321 e. The Balaban J connectivity index is 1.40. The number of carbonyl (C=O) groups excluding carboxylic acids is 3. The second kappa shape index (κ2) is 12.8. The molecule has 0 radical (unpaired) electrons. The zero-order chi connectivity index (χ0) is 25.9. The van der Waals surface area contributed by atoms with Crippen molar-refractivity contribution in [3.05, 3.63) is 143 Å². The molecule has 4 rings (SSSR count). The van der Waals surface area contributed by atoms with Crippen LogP contribution in [0, 0.1) is 0 Å². The van der Waals surface area contributed by atoms with Crippen LogP contribution in [0.5, 0.6) is 0 Å². The summed E-state index contributed by atoms with van der Waals surface area (Å²) in [6, 6.07) is 35.2. The fraction of sp³-hybridized carbons (Fsp3) is 0.0938. The van der Waals surface area contributed by atoms with E-state index in [4.69, 9.17) is 0 Å². The maximum atomic E-state index is 13.1. The van der Waals surface area contributed by atoms with Gasteiger partial charge in [0.25, 0.3) is 11.8 Å². The minimum Gasteiger partial charge on any atom is -0.321 e. The van der Waals surface area contributed by atoms with Gasteiger partial charge >= 0.3 is 0 Å². The molecule has 0 unspecified atom stereocenters. The molecular formula is C32H28N2O3. The molecule has 4 aromatic rings. The highest BCUT2D eigenvalue weighted by Crippen LogP contribution is 2.14. The summed E-state index contributed by atoms with van der Waals surface area (Å²) in [5.41, 5.74) is 3.96. The van der Waals surface area contributed by atoms with E-state index in [1.807, 2.05) is 78.9 Å². The molecule has 0 saturated heterocycles. The zero-order valence-electron chi connectivity index (χ0n) is 20.4. The van der Waals surface area contributed by atoms with Gasteiger partial charge in [-0.3, -0.25) is 14.4 Å². The molecule has 37 heavy (non-hydrogen) atoms. The average molecular weight is 489 g/mol. The van der Waals surface area contributed by atoms with Crippen LogP contribution in [0.4, 0.5) is 5.69 Å². The van der Waals surface area contributed by atoms with E-state index < -0.39 is 5.91 Å². The van der Waals surface area contributed by atoms with E-state index >= 15 is 0 Å². The quantitative estimate of drug-likeness (QED) is 0.275.